The first-order valence-electron chi connectivity index (χ1n) is 5.26. The van der Waals surface area contributed by atoms with Crippen LogP contribution in [-0.4, -0.2) is 26.0 Å². The third-order valence-electron chi connectivity index (χ3n) is 2.41. The molecule has 0 fully saturated rings. The van der Waals surface area contributed by atoms with Crippen molar-refractivity contribution in [2.75, 3.05) is 6.61 Å². The first-order valence-corrected chi connectivity index (χ1v) is 6.40. The second-order valence-corrected chi connectivity index (χ2v) is 6.42. The monoisotopic (exact) mass is 336 g/mol. The van der Waals surface area contributed by atoms with Gasteiger partial charge in [-0.1, -0.05) is 34.8 Å². The van der Waals surface area contributed by atoms with Crippen molar-refractivity contribution in [3.05, 3.63) is 40.7 Å². The Labute approximate surface area is 127 Å². The van der Waals surface area contributed by atoms with E-state index in [-0.39, 0.29) is 5.69 Å². The average Bonchev–Trinajstić information content (AvgIpc) is 2.77. The zero-order chi connectivity index (χ0) is 14.9. The number of halogens is 3. The van der Waals surface area contributed by atoms with Gasteiger partial charge in [0.25, 0.3) is 5.69 Å². The fraction of sp³-hybridized carbons (Fsp3) is 0.182. The quantitative estimate of drug-likeness (QED) is 0.473. The lowest BCUT2D eigenvalue weighted by Gasteiger charge is -2.10. The Bertz CT molecular complexity index is 678. The number of alkyl halides is 3. The lowest BCUT2D eigenvalue weighted by atomic mass is 10.2. The summed E-state index contributed by atoms with van der Waals surface area (Å²) in [6.45, 7) is -0.398. The molecule has 0 bridgehead atoms. The summed E-state index contributed by atoms with van der Waals surface area (Å²) in [6.07, 6.45) is 2.14. The molecule has 2 rings (SSSR count). The summed E-state index contributed by atoms with van der Waals surface area (Å²) in [5, 5.41) is 11.8. The number of aromatic nitrogens is 1. The van der Waals surface area contributed by atoms with Crippen molar-refractivity contribution in [3.8, 4) is 0 Å². The van der Waals surface area contributed by atoms with Crippen molar-refractivity contribution in [1.29, 1.82) is 0 Å². The topological polar surface area (TPSA) is 74.4 Å². The number of hydrogen-bond donors (Lipinski definition) is 0. The standard InChI is InChI=1S/C11H7Cl3N2O4/c12-11(13,14)6-20-10(17)15-4-7-1-2-9(16(18)19)3-8(7)5-15/h1-5H,6H2. The van der Waals surface area contributed by atoms with Crippen molar-refractivity contribution in [3.63, 3.8) is 0 Å². The van der Waals surface area contributed by atoms with Gasteiger partial charge < -0.3 is 4.74 Å². The lowest BCUT2D eigenvalue weighted by molar-refractivity contribution is -0.384. The Morgan fingerprint density at radius 2 is 1.95 bits per heavy atom. The maximum atomic E-state index is 11.7. The third kappa shape index (κ3) is 3.53. The molecule has 1 aromatic heterocycles. The van der Waals surface area contributed by atoms with Gasteiger partial charge >= 0.3 is 6.09 Å². The van der Waals surface area contributed by atoms with E-state index in [9.17, 15) is 14.9 Å². The molecule has 1 aromatic carbocycles. The predicted molar refractivity (Wildman–Crippen MR) is 75.6 cm³/mol. The SMILES string of the molecule is O=C(OCC(Cl)(Cl)Cl)n1cc2ccc([N+](=O)[O-])cc2c1. The molecule has 0 N–H and O–H groups in total. The number of carbonyl (C=O) groups is 1. The molecule has 106 valence electrons. The number of hydrogen-bond acceptors (Lipinski definition) is 4. The molecule has 0 amide bonds. The van der Waals surface area contributed by atoms with Gasteiger partial charge in [-0.2, -0.15) is 0 Å². The van der Waals surface area contributed by atoms with E-state index in [1.165, 1.54) is 30.6 Å². The van der Waals surface area contributed by atoms with E-state index >= 15 is 0 Å². The predicted octanol–water partition coefficient (Wildman–Crippen LogP) is 3.90. The van der Waals surface area contributed by atoms with E-state index in [0.29, 0.717) is 10.8 Å². The number of nitrogens with zero attached hydrogens (tertiary/aromatic N) is 2. The minimum absolute atomic E-state index is 0.0649. The Hall–Kier alpha value is -1.50. The molecule has 20 heavy (non-hydrogen) atoms. The second kappa shape index (κ2) is 5.47. The van der Waals surface area contributed by atoms with Gasteiger partial charge in [-0.3, -0.25) is 14.7 Å². The van der Waals surface area contributed by atoms with E-state index < -0.39 is 21.4 Å². The summed E-state index contributed by atoms with van der Waals surface area (Å²) in [5.41, 5.74) is -0.0649. The molecule has 0 atom stereocenters. The highest BCUT2D eigenvalue weighted by molar-refractivity contribution is 6.67. The van der Waals surface area contributed by atoms with Crippen molar-refractivity contribution >= 4 is 57.4 Å². The average molecular weight is 338 g/mol. The first kappa shape index (κ1) is 14.9. The molecule has 1 heterocycles. The number of benzene rings is 1. The summed E-state index contributed by atoms with van der Waals surface area (Å²) >= 11 is 16.4. The van der Waals surface area contributed by atoms with Crippen LogP contribution in [0, 0.1) is 10.1 Å². The van der Waals surface area contributed by atoms with Gasteiger partial charge in [-0.15, -0.1) is 0 Å². The highest BCUT2D eigenvalue weighted by Gasteiger charge is 2.22. The Balaban J connectivity index is 2.23. The minimum Gasteiger partial charge on any atom is -0.444 e. The Morgan fingerprint density at radius 1 is 1.30 bits per heavy atom. The number of non-ortho nitro benzene ring substituents is 1. The smallest absolute Gasteiger partial charge is 0.418 e. The van der Waals surface area contributed by atoms with Crippen molar-refractivity contribution in [1.82, 2.24) is 4.57 Å². The number of nitro benzene ring substituents is 1. The molecule has 6 nitrogen and oxygen atoms in total. The third-order valence-corrected chi connectivity index (χ3v) is 2.73. The lowest BCUT2D eigenvalue weighted by Crippen LogP contribution is -2.20. The number of nitro groups is 1. The van der Waals surface area contributed by atoms with Crippen LogP contribution in [0.1, 0.15) is 0 Å². The van der Waals surface area contributed by atoms with Crippen molar-refractivity contribution < 1.29 is 14.5 Å². The van der Waals surface area contributed by atoms with Crippen LogP contribution in [0.3, 0.4) is 0 Å². The van der Waals surface area contributed by atoms with E-state index in [1.807, 2.05) is 0 Å². The number of rotatable bonds is 2. The zero-order valence-corrected chi connectivity index (χ0v) is 12.0. The van der Waals surface area contributed by atoms with Gasteiger partial charge in [0.1, 0.15) is 6.61 Å². The fourth-order valence-corrected chi connectivity index (χ4v) is 1.73. The van der Waals surface area contributed by atoms with Gasteiger partial charge in [0.05, 0.1) is 4.92 Å². The van der Waals surface area contributed by atoms with E-state index in [0.717, 1.165) is 4.57 Å². The van der Waals surface area contributed by atoms with Crippen molar-refractivity contribution in [2.45, 2.75) is 3.79 Å². The van der Waals surface area contributed by atoms with Crippen molar-refractivity contribution in [2.24, 2.45) is 0 Å². The van der Waals surface area contributed by atoms with Crippen LogP contribution in [0.2, 0.25) is 0 Å². The number of fused-ring (bicyclic) bond motifs is 1. The highest BCUT2D eigenvalue weighted by Crippen LogP contribution is 2.26. The van der Waals surface area contributed by atoms with Crippen LogP contribution < -0.4 is 0 Å². The van der Waals surface area contributed by atoms with E-state index in [1.54, 1.807) is 0 Å². The molecule has 0 aliphatic carbocycles. The van der Waals surface area contributed by atoms with Gasteiger partial charge in [0.2, 0.25) is 3.79 Å². The van der Waals surface area contributed by atoms with Crippen LogP contribution in [0.5, 0.6) is 0 Å². The van der Waals surface area contributed by atoms with Crippen LogP contribution >= 0.6 is 34.8 Å². The summed E-state index contributed by atoms with van der Waals surface area (Å²) < 4.78 is 4.23. The number of carbonyl (C=O) groups excluding carboxylic acids is 1. The summed E-state index contributed by atoms with van der Waals surface area (Å²) in [5.74, 6) is 0. The first-order chi connectivity index (χ1) is 9.26. The van der Waals surface area contributed by atoms with Gasteiger partial charge in [-0.25, -0.2) is 4.79 Å². The molecule has 0 aliphatic rings. The fourth-order valence-electron chi connectivity index (χ4n) is 1.57. The highest BCUT2D eigenvalue weighted by atomic mass is 35.6. The Kier molecular flexibility index (Phi) is 4.08. The van der Waals surface area contributed by atoms with Gasteiger partial charge in [-0.05, 0) is 6.07 Å². The van der Waals surface area contributed by atoms with Crippen LogP contribution in [-0.2, 0) is 4.74 Å². The van der Waals surface area contributed by atoms with E-state index in [2.05, 4.69) is 0 Å². The summed E-state index contributed by atoms with van der Waals surface area (Å²) in [4.78, 5) is 21.9. The van der Waals surface area contributed by atoms with Gasteiger partial charge in [0.15, 0.2) is 0 Å². The molecular formula is C11H7Cl3N2O4. The molecule has 2 aromatic rings. The van der Waals surface area contributed by atoms with Crippen LogP contribution in [0.25, 0.3) is 10.8 Å². The molecular weight excluding hydrogens is 330 g/mol. The minimum atomic E-state index is -1.69. The summed E-state index contributed by atoms with van der Waals surface area (Å²) in [7, 11) is 0. The largest absolute Gasteiger partial charge is 0.444 e. The normalized spacial score (nSPS) is 11.6. The van der Waals surface area contributed by atoms with Crippen LogP contribution in [0.15, 0.2) is 30.6 Å². The molecule has 9 heteroatoms. The molecule has 0 unspecified atom stereocenters. The Morgan fingerprint density at radius 3 is 2.55 bits per heavy atom. The second-order valence-electron chi connectivity index (χ2n) is 3.91. The molecule has 0 aliphatic heterocycles. The summed E-state index contributed by atoms with van der Waals surface area (Å²) in [6, 6.07) is 4.24. The van der Waals surface area contributed by atoms with E-state index in [4.69, 9.17) is 39.5 Å². The maximum Gasteiger partial charge on any atom is 0.418 e. The van der Waals surface area contributed by atoms with Gasteiger partial charge in [0, 0.05) is 35.3 Å². The molecule has 0 saturated carbocycles. The number of ether oxygens (including phenoxy) is 1. The zero-order valence-electron chi connectivity index (χ0n) is 9.76. The molecule has 0 spiro atoms. The molecule has 0 radical (unpaired) electrons. The molecule has 0 saturated heterocycles. The maximum absolute atomic E-state index is 11.7. The van der Waals surface area contributed by atoms with Crippen LogP contribution in [0.4, 0.5) is 10.5 Å².